The van der Waals surface area contributed by atoms with Crippen molar-refractivity contribution in [2.24, 2.45) is 5.92 Å². The van der Waals surface area contributed by atoms with Crippen molar-refractivity contribution in [2.75, 3.05) is 24.5 Å². The highest BCUT2D eigenvalue weighted by atomic mass is 32.1. The normalized spacial score (nSPS) is 17.9. The van der Waals surface area contributed by atoms with Crippen LogP contribution in [0.4, 0.5) is 5.95 Å². The van der Waals surface area contributed by atoms with E-state index in [1.807, 2.05) is 82.6 Å². The highest BCUT2D eigenvalue weighted by molar-refractivity contribution is 7.19. The third-order valence-electron chi connectivity index (χ3n) is 12.7. The van der Waals surface area contributed by atoms with Crippen LogP contribution in [0.1, 0.15) is 91.1 Å². The zero-order valence-corrected chi connectivity index (χ0v) is 38.3. The third-order valence-corrected chi connectivity index (χ3v) is 15.1. The van der Waals surface area contributed by atoms with Crippen molar-refractivity contribution < 1.29 is 24.3 Å². The summed E-state index contributed by atoms with van der Waals surface area (Å²) in [4.78, 5) is 49.2. The van der Waals surface area contributed by atoms with Gasteiger partial charge in [-0.3, -0.25) is 9.59 Å². The molecule has 7 heterocycles. The molecule has 2 fully saturated rings. The van der Waals surface area contributed by atoms with Crippen molar-refractivity contribution in [3.05, 3.63) is 106 Å². The standard InChI is InChI=1S/C48H51N9O5S2/c1-25(2)42(47(61)57-23-33(58)19-39(57)45(60)51-27(4)30-11-13-31(14-12-30)44-29(6)50-24-63-44)41-21-38(55-62-41)36-22-49-48(52-28(36)5)56-17-15-32(16-18-56)43-26(3)35-20-37(53-54-46(35)64-43)34-9-7-8-10-40(34)59/h7-14,20-22,24-25,27,32-33,39,42,58-59H,15-19,23H2,1-6H3,(H,51,60)/t27-,33+,39-,42+/m0/s1. The largest absolute Gasteiger partial charge is 0.507 e. The number of piperidine rings is 1. The Labute approximate surface area is 379 Å². The van der Waals surface area contributed by atoms with Gasteiger partial charge in [-0.25, -0.2) is 15.0 Å². The number of likely N-dealkylation sites (tertiary alicyclic amines) is 1. The van der Waals surface area contributed by atoms with Crippen LogP contribution < -0.4 is 10.2 Å². The van der Waals surface area contributed by atoms with E-state index in [9.17, 15) is 19.8 Å². The zero-order chi connectivity index (χ0) is 44.8. The van der Waals surface area contributed by atoms with E-state index in [0.717, 1.165) is 63.5 Å². The fourth-order valence-corrected chi connectivity index (χ4v) is 11.2. The first kappa shape index (κ1) is 43.2. The first-order valence-electron chi connectivity index (χ1n) is 21.7. The molecule has 14 nitrogen and oxygen atoms in total. The number of phenols is 1. The molecule has 9 rings (SSSR count). The number of fused-ring (bicyclic) bond motifs is 1. The lowest BCUT2D eigenvalue weighted by Gasteiger charge is -2.32. The second kappa shape index (κ2) is 17.8. The van der Waals surface area contributed by atoms with E-state index in [2.05, 4.69) is 37.5 Å². The van der Waals surface area contributed by atoms with Gasteiger partial charge < -0.3 is 29.9 Å². The van der Waals surface area contributed by atoms with Crippen LogP contribution in [-0.2, 0) is 9.59 Å². The molecule has 0 radical (unpaired) electrons. The third kappa shape index (κ3) is 8.37. The number of nitrogens with one attached hydrogen (secondary N) is 1. The second-order valence-corrected chi connectivity index (χ2v) is 19.2. The molecule has 4 atom stereocenters. The minimum Gasteiger partial charge on any atom is -0.507 e. The van der Waals surface area contributed by atoms with Gasteiger partial charge in [-0.1, -0.05) is 55.4 Å². The molecule has 330 valence electrons. The molecular formula is C48H51N9O5S2. The number of para-hydroxylation sites is 1. The summed E-state index contributed by atoms with van der Waals surface area (Å²) in [5, 5.41) is 38.6. The summed E-state index contributed by atoms with van der Waals surface area (Å²) in [5.74, 6) is 0.0409. The summed E-state index contributed by atoms with van der Waals surface area (Å²) in [6.07, 6.45) is 2.95. The number of anilines is 1. The van der Waals surface area contributed by atoms with Crippen molar-refractivity contribution in [3.63, 3.8) is 0 Å². The van der Waals surface area contributed by atoms with E-state index in [1.165, 1.54) is 15.3 Å². The predicted molar refractivity (Wildman–Crippen MR) is 248 cm³/mol. The summed E-state index contributed by atoms with van der Waals surface area (Å²) in [5.41, 5.74) is 9.30. The Kier molecular flexibility index (Phi) is 12.0. The molecule has 0 saturated carbocycles. The van der Waals surface area contributed by atoms with Gasteiger partial charge in [0.2, 0.25) is 17.8 Å². The lowest BCUT2D eigenvalue weighted by Crippen LogP contribution is -2.48. The van der Waals surface area contributed by atoms with E-state index in [4.69, 9.17) is 14.5 Å². The number of nitrogens with zero attached hydrogens (tertiary/aromatic N) is 8. The van der Waals surface area contributed by atoms with Gasteiger partial charge in [0.25, 0.3) is 0 Å². The number of aliphatic hydroxyl groups is 1. The Morgan fingerprint density at radius 3 is 2.39 bits per heavy atom. The first-order valence-corrected chi connectivity index (χ1v) is 23.4. The Morgan fingerprint density at radius 1 is 0.922 bits per heavy atom. The van der Waals surface area contributed by atoms with Crippen molar-refractivity contribution in [1.29, 1.82) is 0 Å². The minimum atomic E-state index is -0.839. The van der Waals surface area contributed by atoms with Crippen molar-refractivity contribution in [3.8, 4) is 38.7 Å². The first-order chi connectivity index (χ1) is 30.8. The lowest BCUT2D eigenvalue weighted by molar-refractivity contribution is -0.141. The number of β-amino-alcohol motifs (C(OH)–C–C–N with tert-alkyl or cyclic N) is 1. The molecule has 3 N–H and O–H groups in total. The van der Waals surface area contributed by atoms with Crippen molar-refractivity contribution in [1.82, 2.24) is 40.5 Å². The molecule has 2 aromatic carbocycles. The van der Waals surface area contributed by atoms with Gasteiger partial charge in [-0.05, 0) is 87.3 Å². The smallest absolute Gasteiger partial charge is 0.243 e. The average Bonchev–Trinajstić information content (AvgIpc) is 4.10. The molecule has 64 heavy (non-hydrogen) atoms. The summed E-state index contributed by atoms with van der Waals surface area (Å²) >= 11 is 3.29. The minimum absolute atomic E-state index is 0.0458. The summed E-state index contributed by atoms with van der Waals surface area (Å²) in [6, 6.07) is 17.9. The molecule has 2 aliphatic heterocycles. The van der Waals surface area contributed by atoms with Gasteiger partial charge in [0.05, 0.1) is 39.6 Å². The Hall–Kier alpha value is -6.10. The number of hydrogen-bond donors (Lipinski definition) is 3. The van der Waals surface area contributed by atoms with E-state index >= 15 is 0 Å². The van der Waals surface area contributed by atoms with Gasteiger partial charge in [-0.2, -0.15) is 0 Å². The number of aromatic hydroxyl groups is 1. The van der Waals surface area contributed by atoms with Gasteiger partial charge in [0.1, 0.15) is 34.0 Å². The van der Waals surface area contributed by atoms with Crippen LogP contribution >= 0.6 is 22.7 Å². The Bertz CT molecular complexity index is 2830. The van der Waals surface area contributed by atoms with E-state index in [1.54, 1.807) is 47.1 Å². The number of carbonyl (C=O) groups excluding carboxylic acids is 2. The molecular weight excluding hydrogens is 847 g/mol. The van der Waals surface area contributed by atoms with Crippen molar-refractivity contribution >= 4 is 50.7 Å². The Morgan fingerprint density at radius 2 is 1.69 bits per heavy atom. The number of rotatable bonds is 11. The molecule has 2 aliphatic rings. The lowest BCUT2D eigenvalue weighted by atomic mass is 9.91. The average molecular weight is 898 g/mol. The van der Waals surface area contributed by atoms with Crippen LogP contribution in [0.3, 0.4) is 0 Å². The van der Waals surface area contributed by atoms with Gasteiger partial charge in [0, 0.05) is 59.7 Å². The van der Waals surface area contributed by atoms with Gasteiger partial charge >= 0.3 is 0 Å². The molecule has 0 unspecified atom stereocenters. The maximum atomic E-state index is 14.4. The van der Waals surface area contributed by atoms with Crippen LogP contribution in [0, 0.1) is 26.7 Å². The molecule has 0 spiro atoms. The highest BCUT2D eigenvalue weighted by Crippen LogP contribution is 2.41. The fraction of sp³-hybridized carbons (Fsp3) is 0.375. The van der Waals surface area contributed by atoms with Crippen LogP contribution in [0.15, 0.2) is 76.9 Å². The van der Waals surface area contributed by atoms with Gasteiger partial charge in [0.15, 0.2) is 0 Å². The van der Waals surface area contributed by atoms with Crippen LogP contribution in [-0.4, -0.2) is 89.0 Å². The number of aryl methyl sites for hydroxylation is 3. The topological polar surface area (TPSA) is 184 Å². The number of benzene rings is 2. The monoisotopic (exact) mass is 897 g/mol. The molecule has 2 saturated heterocycles. The summed E-state index contributed by atoms with van der Waals surface area (Å²) in [6.45, 7) is 13.5. The predicted octanol–water partition coefficient (Wildman–Crippen LogP) is 8.52. The number of hydrogen-bond acceptors (Lipinski definition) is 14. The van der Waals surface area contributed by atoms with Crippen LogP contribution in [0.2, 0.25) is 0 Å². The molecule has 0 aliphatic carbocycles. The maximum Gasteiger partial charge on any atom is 0.243 e. The Balaban J connectivity index is 0.847. The van der Waals surface area contributed by atoms with E-state index < -0.39 is 18.1 Å². The number of carbonyl (C=O) groups is 2. The molecule has 7 aromatic rings. The van der Waals surface area contributed by atoms with E-state index in [-0.39, 0.29) is 42.5 Å². The number of thiophene rings is 1. The number of amides is 2. The highest BCUT2D eigenvalue weighted by Gasteiger charge is 2.43. The molecule has 2 amide bonds. The summed E-state index contributed by atoms with van der Waals surface area (Å²) < 4.78 is 5.88. The molecule has 16 heteroatoms. The molecule has 0 bridgehead atoms. The van der Waals surface area contributed by atoms with Crippen LogP contribution in [0.25, 0.3) is 43.2 Å². The maximum absolute atomic E-state index is 14.4. The summed E-state index contributed by atoms with van der Waals surface area (Å²) in [7, 11) is 0. The van der Waals surface area contributed by atoms with Crippen LogP contribution in [0.5, 0.6) is 5.75 Å². The van der Waals surface area contributed by atoms with E-state index in [0.29, 0.717) is 40.1 Å². The van der Waals surface area contributed by atoms with Gasteiger partial charge in [-0.15, -0.1) is 32.9 Å². The number of aliphatic hydroxyl groups excluding tert-OH is 1. The SMILES string of the molecule is Cc1nc(N2CCC(c3sc4nnc(-c5ccccc5O)cc4c3C)CC2)ncc1-c1cc([C@H](C(=O)N2C[C@H](O)C[C@H]2C(=O)N[C@@H](C)c2ccc(-c3scnc3C)cc2)C(C)C)on1. The number of phenolic OH excluding ortho intramolecular Hbond substituents is 1. The number of aromatic nitrogens is 6. The second-order valence-electron chi connectivity index (χ2n) is 17.3. The quantitative estimate of drug-likeness (QED) is 0.113. The number of thiazole rings is 1. The zero-order valence-electron chi connectivity index (χ0n) is 36.6. The molecule has 5 aromatic heterocycles. The fourth-order valence-electron chi connectivity index (χ4n) is 9.13. The van der Waals surface area contributed by atoms with Crippen molar-refractivity contribution in [2.45, 2.75) is 90.8 Å².